The number of rotatable bonds is 3. The first-order valence-electron chi connectivity index (χ1n) is 9.21. The molecule has 2 aliphatic heterocycles. The fourth-order valence-electron chi connectivity index (χ4n) is 4.39. The maximum Gasteiger partial charge on any atom is 0.173 e. The lowest BCUT2D eigenvalue weighted by atomic mass is 9.87. The number of aromatic nitrogens is 4. The zero-order valence-corrected chi connectivity index (χ0v) is 16.4. The van der Waals surface area contributed by atoms with Crippen molar-refractivity contribution < 1.29 is 9.47 Å². The smallest absolute Gasteiger partial charge is 0.173 e. The Kier molecular flexibility index (Phi) is 4.21. The zero-order chi connectivity index (χ0) is 19.3. The molecule has 2 aliphatic rings. The summed E-state index contributed by atoms with van der Waals surface area (Å²) >= 11 is 6.11. The molecule has 144 valence electrons. The molecule has 1 aromatic heterocycles. The lowest BCUT2D eigenvalue weighted by molar-refractivity contribution is 0.0906. The number of nitrogens with zero attached hydrogens (tertiary/aromatic N) is 5. The first kappa shape index (κ1) is 17.5. The predicted octanol–water partition coefficient (Wildman–Crippen LogP) is 3.05. The van der Waals surface area contributed by atoms with E-state index in [0.717, 1.165) is 40.9 Å². The van der Waals surface area contributed by atoms with Crippen LogP contribution in [0, 0.1) is 0 Å². The first-order chi connectivity index (χ1) is 13.7. The molecular formula is C20H20ClN5O2. The number of methoxy groups -OCH3 is 2. The maximum absolute atomic E-state index is 6.11. The topological polar surface area (TPSA) is 65.3 Å². The van der Waals surface area contributed by atoms with E-state index in [2.05, 4.69) is 44.7 Å². The van der Waals surface area contributed by atoms with Crippen LogP contribution in [-0.4, -0.2) is 45.9 Å². The van der Waals surface area contributed by atoms with Crippen LogP contribution in [0.3, 0.4) is 0 Å². The standard InChI is InChI=1S/C20H20ClN5O2/c1-27-17-9-13-7-8-25-16(15(13)10-18(17)28-2)11-26-20(22-23-24-26)19(25)12-3-5-14(21)6-4-12/h3-6,9-10,16,19H,7-8,11H2,1-2H3. The van der Waals surface area contributed by atoms with Crippen LogP contribution in [0.15, 0.2) is 36.4 Å². The average Bonchev–Trinajstić information content (AvgIpc) is 3.20. The zero-order valence-electron chi connectivity index (χ0n) is 15.7. The summed E-state index contributed by atoms with van der Waals surface area (Å²) in [6.07, 6.45) is 0.928. The van der Waals surface area contributed by atoms with Crippen LogP contribution < -0.4 is 9.47 Å². The van der Waals surface area contributed by atoms with Gasteiger partial charge in [0.1, 0.15) is 0 Å². The van der Waals surface area contributed by atoms with Gasteiger partial charge in [0, 0.05) is 11.6 Å². The van der Waals surface area contributed by atoms with E-state index in [4.69, 9.17) is 21.1 Å². The highest BCUT2D eigenvalue weighted by molar-refractivity contribution is 6.30. The van der Waals surface area contributed by atoms with E-state index in [1.807, 2.05) is 16.8 Å². The molecule has 2 aromatic carbocycles. The summed E-state index contributed by atoms with van der Waals surface area (Å²) in [4.78, 5) is 2.48. The number of tetrazole rings is 1. The number of ether oxygens (including phenoxy) is 2. The number of hydrogen-bond acceptors (Lipinski definition) is 6. The van der Waals surface area contributed by atoms with Crippen LogP contribution in [0.25, 0.3) is 0 Å². The molecule has 3 heterocycles. The Bertz CT molecular complexity index is 1020. The second-order valence-electron chi connectivity index (χ2n) is 7.08. The molecule has 5 rings (SSSR count). The van der Waals surface area contributed by atoms with E-state index < -0.39 is 0 Å². The second kappa shape index (κ2) is 6.76. The van der Waals surface area contributed by atoms with Gasteiger partial charge in [0.25, 0.3) is 0 Å². The number of hydrogen-bond donors (Lipinski definition) is 0. The van der Waals surface area contributed by atoms with Gasteiger partial charge < -0.3 is 9.47 Å². The van der Waals surface area contributed by atoms with Crippen molar-refractivity contribution >= 4 is 11.6 Å². The van der Waals surface area contributed by atoms with Crippen molar-refractivity contribution in [2.45, 2.75) is 25.0 Å². The van der Waals surface area contributed by atoms with E-state index in [1.54, 1.807) is 14.2 Å². The summed E-state index contributed by atoms with van der Waals surface area (Å²) in [5.41, 5.74) is 3.66. The minimum absolute atomic E-state index is 0.0211. The van der Waals surface area contributed by atoms with Crippen LogP contribution in [0.4, 0.5) is 0 Å². The molecule has 0 bridgehead atoms. The SMILES string of the molecule is COc1cc2c(cc1OC)C1Cn3nnnc3C(c3ccc(Cl)cc3)N1CC2. The monoisotopic (exact) mass is 397 g/mol. The molecule has 0 saturated carbocycles. The molecule has 0 spiro atoms. The van der Waals surface area contributed by atoms with E-state index in [-0.39, 0.29) is 12.1 Å². The first-order valence-corrected chi connectivity index (χ1v) is 9.59. The highest BCUT2D eigenvalue weighted by Gasteiger charge is 2.41. The highest BCUT2D eigenvalue weighted by atomic mass is 35.5. The van der Waals surface area contributed by atoms with Crippen molar-refractivity contribution in [3.63, 3.8) is 0 Å². The Hall–Kier alpha value is -2.64. The Morgan fingerprint density at radius 1 is 1.07 bits per heavy atom. The number of halogens is 1. The second-order valence-corrected chi connectivity index (χ2v) is 7.52. The molecule has 3 aromatic rings. The minimum Gasteiger partial charge on any atom is -0.493 e. The Morgan fingerprint density at radius 3 is 2.57 bits per heavy atom. The fourth-order valence-corrected chi connectivity index (χ4v) is 4.52. The summed E-state index contributed by atoms with van der Waals surface area (Å²) < 4.78 is 13.0. The van der Waals surface area contributed by atoms with Crippen LogP contribution in [0.2, 0.25) is 5.02 Å². The van der Waals surface area contributed by atoms with Gasteiger partial charge in [0.05, 0.1) is 32.8 Å². The molecule has 7 nitrogen and oxygen atoms in total. The van der Waals surface area contributed by atoms with E-state index in [9.17, 15) is 0 Å². The van der Waals surface area contributed by atoms with Gasteiger partial charge >= 0.3 is 0 Å². The number of benzene rings is 2. The molecular weight excluding hydrogens is 378 g/mol. The van der Waals surface area contributed by atoms with Gasteiger partial charge in [0.15, 0.2) is 17.3 Å². The van der Waals surface area contributed by atoms with Crippen molar-refractivity contribution in [1.82, 2.24) is 25.1 Å². The molecule has 0 amide bonds. The Labute approximate surface area is 167 Å². The quantitative estimate of drug-likeness (QED) is 0.676. The Balaban J connectivity index is 1.63. The molecule has 0 fully saturated rings. The largest absolute Gasteiger partial charge is 0.493 e. The normalized spacial score (nSPS) is 20.8. The summed E-state index contributed by atoms with van der Waals surface area (Å²) in [5.74, 6) is 2.37. The average molecular weight is 398 g/mol. The molecule has 8 heteroatoms. The van der Waals surface area contributed by atoms with Gasteiger partial charge in [0.2, 0.25) is 0 Å². The number of fused-ring (bicyclic) bond motifs is 4. The van der Waals surface area contributed by atoms with Gasteiger partial charge in [-0.05, 0) is 57.8 Å². The van der Waals surface area contributed by atoms with E-state index in [0.29, 0.717) is 6.54 Å². The van der Waals surface area contributed by atoms with Crippen molar-refractivity contribution in [2.75, 3.05) is 20.8 Å². The van der Waals surface area contributed by atoms with E-state index in [1.165, 1.54) is 11.1 Å². The lowest BCUT2D eigenvalue weighted by Gasteiger charge is -2.45. The van der Waals surface area contributed by atoms with Crippen LogP contribution in [0.1, 0.15) is 34.6 Å². The van der Waals surface area contributed by atoms with Gasteiger partial charge in [-0.25, -0.2) is 4.68 Å². The van der Waals surface area contributed by atoms with Crippen molar-refractivity contribution in [2.24, 2.45) is 0 Å². The maximum atomic E-state index is 6.11. The molecule has 2 atom stereocenters. The molecule has 0 radical (unpaired) electrons. The highest BCUT2D eigenvalue weighted by Crippen LogP contribution is 2.45. The van der Waals surface area contributed by atoms with Crippen LogP contribution in [-0.2, 0) is 13.0 Å². The third kappa shape index (κ3) is 2.65. The van der Waals surface area contributed by atoms with Gasteiger partial charge in [-0.1, -0.05) is 23.7 Å². The van der Waals surface area contributed by atoms with Crippen LogP contribution >= 0.6 is 11.6 Å². The van der Waals surface area contributed by atoms with Crippen molar-refractivity contribution in [3.8, 4) is 11.5 Å². The lowest BCUT2D eigenvalue weighted by Crippen LogP contribution is -2.45. The van der Waals surface area contributed by atoms with Crippen molar-refractivity contribution in [3.05, 3.63) is 63.9 Å². The third-order valence-electron chi connectivity index (χ3n) is 5.71. The van der Waals surface area contributed by atoms with Crippen LogP contribution in [0.5, 0.6) is 11.5 Å². The van der Waals surface area contributed by atoms with Gasteiger partial charge in [-0.3, -0.25) is 4.90 Å². The summed E-state index contributed by atoms with van der Waals surface area (Å²) in [6.45, 7) is 1.61. The Morgan fingerprint density at radius 2 is 1.82 bits per heavy atom. The van der Waals surface area contributed by atoms with Crippen molar-refractivity contribution in [1.29, 1.82) is 0 Å². The molecule has 0 saturated heterocycles. The summed E-state index contributed by atoms with van der Waals surface area (Å²) in [5, 5.41) is 13.2. The predicted molar refractivity (Wildman–Crippen MR) is 104 cm³/mol. The fraction of sp³-hybridized carbons (Fsp3) is 0.350. The minimum atomic E-state index is -0.0211. The molecule has 28 heavy (non-hydrogen) atoms. The summed E-state index contributed by atoms with van der Waals surface area (Å²) in [6, 6.07) is 12.3. The van der Waals surface area contributed by atoms with E-state index >= 15 is 0 Å². The molecule has 0 aliphatic carbocycles. The summed E-state index contributed by atoms with van der Waals surface area (Å²) in [7, 11) is 3.34. The molecule has 2 unspecified atom stereocenters. The van der Waals surface area contributed by atoms with Gasteiger partial charge in [-0.2, -0.15) is 0 Å². The third-order valence-corrected chi connectivity index (χ3v) is 5.96. The molecule has 0 N–H and O–H groups in total. The van der Waals surface area contributed by atoms with Gasteiger partial charge in [-0.15, -0.1) is 5.10 Å².